The summed E-state index contributed by atoms with van der Waals surface area (Å²) < 4.78 is 11.4. The number of pyridine rings is 1. The van der Waals surface area contributed by atoms with Crippen LogP contribution >= 0.6 is 0 Å². The summed E-state index contributed by atoms with van der Waals surface area (Å²) in [4.78, 5) is 80.9. The summed E-state index contributed by atoms with van der Waals surface area (Å²) in [6, 6.07) is 17.3. The van der Waals surface area contributed by atoms with Crippen molar-refractivity contribution in [3.63, 3.8) is 0 Å². The van der Waals surface area contributed by atoms with Gasteiger partial charge in [-0.25, -0.2) is 0 Å². The van der Waals surface area contributed by atoms with E-state index >= 15 is 0 Å². The maximum atomic E-state index is 13.2. The molecule has 304 valence electrons. The van der Waals surface area contributed by atoms with Crippen molar-refractivity contribution in [2.24, 2.45) is 0 Å². The third-order valence-electron chi connectivity index (χ3n) is 10.5. The van der Waals surface area contributed by atoms with E-state index in [4.69, 9.17) is 9.47 Å². The number of para-hydroxylation sites is 1. The lowest BCUT2D eigenvalue weighted by molar-refractivity contribution is -0.136. The van der Waals surface area contributed by atoms with Crippen molar-refractivity contribution in [2.75, 3.05) is 32.6 Å². The summed E-state index contributed by atoms with van der Waals surface area (Å²) in [5, 5.41) is 12.1. The number of methoxy groups -OCH3 is 1. The highest BCUT2D eigenvalue weighted by atomic mass is 16.5. The van der Waals surface area contributed by atoms with Crippen LogP contribution in [0.15, 0.2) is 66.9 Å². The maximum Gasteiger partial charge on any atom is 0.266 e. The highest BCUT2D eigenvalue weighted by molar-refractivity contribution is 6.24. The number of nitrogens with zero attached hydrogens (tertiary/aromatic N) is 2. The standard InChI is InChI=1S/C44H50N6O8/c1-45-41(53)32-26-47-33-25-36(57-2)28(24-31(33)40(32)48-29-17-12-10-13-18-29)16-11-8-6-4-3-5-7-9-14-23-46-38(52)27-58-35-20-15-19-30-39(35)44(56)50(43(30)55)34-21-22-37(51)49-42(34)54/h10,12-13,15,17-20,24-26,34H,3-9,11,14,16,21-23,27H2,1-2H3,(H,45,53)(H,46,52)(H,47,48)(H,49,51,54). The Bertz CT molecular complexity index is 2170. The van der Waals surface area contributed by atoms with Crippen LogP contribution in [0, 0.1) is 0 Å². The molecule has 2 aliphatic rings. The molecular formula is C44H50N6O8. The summed E-state index contributed by atoms with van der Waals surface area (Å²) in [6.45, 7) is 0.174. The minimum atomic E-state index is -1.08. The summed E-state index contributed by atoms with van der Waals surface area (Å²) in [6.07, 6.45) is 12.1. The van der Waals surface area contributed by atoms with E-state index in [0.717, 1.165) is 97.0 Å². The van der Waals surface area contributed by atoms with Gasteiger partial charge in [-0.05, 0) is 61.6 Å². The van der Waals surface area contributed by atoms with Gasteiger partial charge in [-0.1, -0.05) is 69.2 Å². The lowest BCUT2D eigenvalue weighted by Gasteiger charge is -2.27. The largest absolute Gasteiger partial charge is 0.496 e. The number of imide groups is 2. The number of aromatic nitrogens is 1. The van der Waals surface area contributed by atoms with Crippen molar-refractivity contribution in [3.8, 4) is 11.5 Å². The molecule has 0 bridgehead atoms. The highest BCUT2D eigenvalue weighted by Crippen LogP contribution is 2.35. The van der Waals surface area contributed by atoms with E-state index in [1.54, 1.807) is 26.4 Å². The fourth-order valence-corrected chi connectivity index (χ4v) is 7.46. The van der Waals surface area contributed by atoms with Crippen LogP contribution in [0.5, 0.6) is 11.5 Å². The van der Waals surface area contributed by atoms with Gasteiger partial charge >= 0.3 is 0 Å². The van der Waals surface area contributed by atoms with Crippen molar-refractivity contribution in [1.82, 2.24) is 25.8 Å². The Labute approximate surface area is 337 Å². The monoisotopic (exact) mass is 790 g/mol. The van der Waals surface area contributed by atoms with Gasteiger partial charge in [0.05, 0.1) is 35.0 Å². The van der Waals surface area contributed by atoms with E-state index in [2.05, 4.69) is 32.3 Å². The number of carbonyl (C=O) groups is 6. The van der Waals surface area contributed by atoms with Gasteiger partial charge < -0.3 is 25.4 Å². The second kappa shape index (κ2) is 19.7. The van der Waals surface area contributed by atoms with E-state index < -0.39 is 29.7 Å². The molecule has 6 rings (SSSR count). The molecule has 0 radical (unpaired) electrons. The number of hydrogen-bond acceptors (Lipinski definition) is 10. The molecule has 1 atom stereocenters. The Kier molecular flexibility index (Phi) is 14.0. The Balaban J connectivity index is 0.870. The van der Waals surface area contributed by atoms with Gasteiger partial charge in [-0.2, -0.15) is 0 Å². The Morgan fingerprint density at radius 2 is 1.59 bits per heavy atom. The first-order valence-corrected chi connectivity index (χ1v) is 20.0. The average molecular weight is 791 g/mol. The Morgan fingerprint density at radius 1 is 0.862 bits per heavy atom. The second-order valence-electron chi connectivity index (χ2n) is 14.5. The molecule has 4 aromatic rings. The zero-order valence-electron chi connectivity index (χ0n) is 33.0. The molecule has 6 amide bonds. The molecule has 1 unspecified atom stereocenters. The third-order valence-corrected chi connectivity index (χ3v) is 10.5. The van der Waals surface area contributed by atoms with Gasteiger partial charge in [0.25, 0.3) is 23.6 Å². The number of unbranched alkanes of at least 4 members (excludes halogenated alkanes) is 8. The number of ether oxygens (including phenoxy) is 2. The van der Waals surface area contributed by atoms with Gasteiger partial charge in [0.2, 0.25) is 11.8 Å². The third kappa shape index (κ3) is 9.79. The summed E-state index contributed by atoms with van der Waals surface area (Å²) in [7, 11) is 3.28. The van der Waals surface area contributed by atoms with Gasteiger partial charge in [0.1, 0.15) is 17.5 Å². The van der Waals surface area contributed by atoms with E-state index in [1.165, 1.54) is 12.1 Å². The van der Waals surface area contributed by atoms with Gasteiger partial charge in [-0.3, -0.25) is 44.0 Å². The topological polar surface area (TPSA) is 185 Å². The first kappa shape index (κ1) is 41.3. The van der Waals surface area contributed by atoms with Crippen molar-refractivity contribution in [3.05, 3.63) is 89.1 Å². The molecular weight excluding hydrogens is 741 g/mol. The molecule has 0 saturated carbocycles. The van der Waals surface area contributed by atoms with E-state index in [9.17, 15) is 28.8 Å². The molecule has 2 aliphatic heterocycles. The Morgan fingerprint density at radius 3 is 2.29 bits per heavy atom. The highest BCUT2D eigenvalue weighted by Gasteiger charge is 2.46. The Hall–Kier alpha value is -6.31. The molecule has 3 heterocycles. The number of anilines is 2. The zero-order valence-corrected chi connectivity index (χ0v) is 33.0. The molecule has 58 heavy (non-hydrogen) atoms. The van der Waals surface area contributed by atoms with Crippen LogP contribution in [0.2, 0.25) is 0 Å². The van der Waals surface area contributed by atoms with Crippen LogP contribution in [0.4, 0.5) is 11.4 Å². The lowest BCUT2D eigenvalue weighted by Crippen LogP contribution is -2.54. The number of hydrogen-bond donors (Lipinski definition) is 4. The van der Waals surface area contributed by atoms with Gasteiger partial charge in [0.15, 0.2) is 6.61 Å². The molecule has 14 nitrogen and oxygen atoms in total. The summed E-state index contributed by atoms with van der Waals surface area (Å²) in [5.74, 6) is -2.12. The van der Waals surface area contributed by atoms with Crippen molar-refractivity contribution in [1.29, 1.82) is 0 Å². The molecule has 0 aliphatic carbocycles. The van der Waals surface area contributed by atoms with E-state index in [0.29, 0.717) is 17.8 Å². The zero-order chi connectivity index (χ0) is 41.0. The first-order valence-electron chi connectivity index (χ1n) is 20.0. The molecule has 4 N–H and O–H groups in total. The summed E-state index contributed by atoms with van der Waals surface area (Å²) in [5.41, 5.74) is 3.99. The first-order chi connectivity index (χ1) is 28.2. The fourth-order valence-electron chi connectivity index (χ4n) is 7.46. The van der Waals surface area contributed by atoms with Crippen LogP contribution in [-0.2, 0) is 20.8 Å². The number of aryl methyl sites for hydroxylation is 1. The van der Waals surface area contributed by atoms with Crippen molar-refractivity contribution < 1.29 is 38.2 Å². The van der Waals surface area contributed by atoms with Crippen molar-refractivity contribution in [2.45, 2.75) is 83.1 Å². The van der Waals surface area contributed by atoms with E-state index in [1.807, 2.05) is 36.4 Å². The number of nitrogens with one attached hydrogen (secondary N) is 4. The quantitative estimate of drug-likeness (QED) is 0.0612. The van der Waals surface area contributed by atoms with Crippen LogP contribution < -0.4 is 30.7 Å². The predicted octanol–water partition coefficient (Wildman–Crippen LogP) is 6.00. The number of fused-ring (bicyclic) bond motifs is 2. The van der Waals surface area contributed by atoms with Gasteiger partial charge in [0, 0.05) is 43.4 Å². The molecule has 0 spiro atoms. The van der Waals surface area contributed by atoms with E-state index in [-0.39, 0.29) is 48.1 Å². The maximum absolute atomic E-state index is 13.2. The summed E-state index contributed by atoms with van der Waals surface area (Å²) >= 11 is 0. The van der Waals surface area contributed by atoms with Gasteiger partial charge in [-0.15, -0.1) is 0 Å². The number of benzene rings is 3. The van der Waals surface area contributed by atoms with Crippen LogP contribution in [0.1, 0.15) is 107 Å². The van der Waals surface area contributed by atoms with Crippen LogP contribution in [-0.4, -0.2) is 78.7 Å². The van der Waals surface area contributed by atoms with Crippen molar-refractivity contribution >= 4 is 57.7 Å². The SMILES string of the molecule is CNC(=O)c1cnc2cc(OC)c(CCCCCCCCCCCNC(=O)COc3cccc4c3C(=O)N(C3CCC(=O)NC3=O)C4=O)cc2c1Nc1ccccc1. The lowest BCUT2D eigenvalue weighted by atomic mass is 9.99. The minimum Gasteiger partial charge on any atom is -0.496 e. The molecule has 1 saturated heterocycles. The smallest absolute Gasteiger partial charge is 0.266 e. The molecule has 14 heteroatoms. The van der Waals surface area contributed by atoms with Crippen LogP contribution in [0.25, 0.3) is 10.9 Å². The fraction of sp³-hybridized carbons (Fsp3) is 0.386. The normalized spacial score (nSPS) is 14.9. The number of piperidine rings is 1. The predicted molar refractivity (Wildman–Crippen MR) is 218 cm³/mol. The number of rotatable bonds is 20. The van der Waals surface area contributed by atoms with Crippen LogP contribution in [0.3, 0.4) is 0 Å². The molecule has 3 aromatic carbocycles. The average Bonchev–Trinajstić information content (AvgIpc) is 3.49. The molecule has 1 aromatic heterocycles. The molecule has 1 fully saturated rings. The minimum absolute atomic E-state index is 0.0116. The second-order valence-corrected chi connectivity index (χ2v) is 14.5. The number of carbonyl (C=O) groups excluding carboxylic acids is 6. The number of amides is 6.